The summed E-state index contributed by atoms with van der Waals surface area (Å²) >= 11 is 0. The average molecular weight is 361 g/mol. The molecule has 0 radical (unpaired) electrons. The highest BCUT2D eigenvalue weighted by molar-refractivity contribution is 6.04. The molecule has 0 fully saturated rings. The molecule has 3 amide bonds. The third-order valence-electron chi connectivity index (χ3n) is 3.67. The first-order valence-corrected chi connectivity index (χ1v) is 8.33. The lowest BCUT2D eigenvalue weighted by atomic mass is 10.2. The van der Waals surface area contributed by atoms with Crippen molar-refractivity contribution in [2.45, 2.75) is 0 Å². The molecule has 3 aromatic rings. The maximum atomic E-state index is 12.4. The highest BCUT2D eigenvalue weighted by atomic mass is 16.2. The number of carbonyl (C=O) groups is 2. The molecular weight excluding hydrogens is 342 g/mol. The van der Waals surface area contributed by atoms with E-state index in [1.54, 1.807) is 41.2 Å². The molecule has 3 N–H and O–H groups in total. The van der Waals surface area contributed by atoms with Gasteiger partial charge in [-0.2, -0.15) is 5.10 Å². The summed E-state index contributed by atoms with van der Waals surface area (Å²) in [7, 11) is 0. The van der Waals surface area contributed by atoms with E-state index < -0.39 is 0 Å². The van der Waals surface area contributed by atoms with E-state index in [2.05, 4.69) is 27.6 Å². The first kappa shape index (κ1) is 17.9. The quantitative estimate of drug-likeness (QED) is 0.588. The number of hydrogen-bond donors (Lipinski definition) is 3. The van der Waals surface area contributed by atoms with Crippen LogP contribution in [-0.4, -0.2) is 28.3 Å². The Kier molecular flexibility index (Phi) is 5.64. The van der Waals surface area contributed by atoms with Crippen molar-refractivity contribution in [2.75, 3.05) is 17.2 Å². The Hall–Kier alpha value is -3.87. The van der Waals surface area contributed by atoms with E-state index in [1.165, 1.54) is 6.20 Å². The van der Waals surface area contributed by atoms with Crippen LogP contribution in [0.15, 0.2) is 79.6 Å². The van der Waals surface area contributed by atoms with E-state index in [4.69, 9.17) is 0 Å². The SMILES string of the molecule is C=CCNC(=O)Nc1ccc(NC(=O)c2cnn(-c3ccccc3)c2)cc1. The summed E-state index contributed by atoms with van der Waals surface area (Å²) in [4.78, 5) is 24.0. The van der Waals surface area contributed by atoms with Crippen molar-refractivity contribution >= 4 is 23.3 Å². The first-order valence-electron chi connectivity index (χ1n) is 8.33. The number of aromatic nitrogens is 2. The summed E-state index contributed by atoms with van der Waals surface area (Å²) in [5.41, 5.74) is 2.56. The van der Waals surface area contributed by atoms with Crippen molar-refractivity contribution in [3.05, 3.63) is 85.2 Å². The van der Waals surface area contributed by atoms with Crippen molar-refractivity contribution in [1.29, 1.82) is 0 Å². The monoisotopic (exact) mass is 361 g/mol. The molecule has 2 aromatic carbocycles. The normalized spacial score (nSPS) is 10.1. The van der Waals surface area contributed by atoms with Gasteiger partial charge in [0.05, 0.1) is 17.4 Å². The van der Waals surface area contributed by atoms with Gasteiger partial charge >= 0.3 is 6.03 Å². The maximum absolute atomic E-state index is 12.4. The fourth-order valence-electron chi connectivity index (χ4n) is 2.34. The molecule has 0 spiro atoms. The molecule has 0 saturated carbocycles. The number of hydrogen-bond acceptors (Lipinski definition) is 3. The van der Waals surface area contributed by atoms with Crippen LogP contribution >= 0.6 is 0 Å². The van der Waals surface area contributed by atoms with E-state index in [0.29, 0.717) is 23.5 Å². The molecule has 0 aliphatic heterocycles. The number of nitrogens with one attached hydrogen (secondary N) is 3. The van der Waals surface area contributed by atoms with Gasteiger partial charge in [0.2, 0.25) is 0 Å². The second-order valence-corrected chi connectivity index (χ2v) is 5.66. The Morgan fingerprint density at radius 2 is 1.67 bits per heavy atom. The molecule has 0 bridgehead atoms. The topological polar surface area (TPSA) is 88.1 Å². The Morgan fingerprint density at radius 3 is 2.33 bits per heavy atom. The molecule has 7 nitrogen and oxygen atoms in total. The molecule has 27 heavy (non-hydrogen) atoms. The lowest BCUT2D eigenvalue weighted by molar-refractivity contribution is 0.102. The number of nitrogens with zero attached hydrogens (tertiary/aromatic N) is 2. The Bertz CT molecular complexity index is 933. The minimum Gasteiger partial charge on any atom is -0.334 e. The van der Waals surface area contributed by atoms with Crippen LogP contribution in [0.1, 0.15) is 10.4 Å². The van der Waals surface area contributed by atoms with Gasteiger partial charge in [0.15, 0.2) is 0 Å². The summed E-state index contributed by atoms with van der Waals surface area (Å²) in [6.07, 6.45) is 4.78. The predicted molar refractivity (Wildman–Crippen MR) is 105 cm³/mol. The minimum atomic E-state index is -0.319. The van der Waals surface area contributed by atoms with Crippen molar-refractivity contribution < 1.29 is 9.59 Å². The number of para-hydroxylation sites is 1. The van der Waals surface area contributed by atoms with Crippen LogP contribution in [0.2, 0.25) is 0 Å². The summed E-state index contributed by atoms with van der Waals surface area (Å²) in [5, 5.41) is 12.3. The second-order valence-electron chi connectivity index (χ2n) is 5.66. The number of urea groups is 1. The van der Waals surface area contributed by atoms with Crippen LogP contribution in [0.3, 0.4) is 0 Å². The Morgan fingerprint density at radius 1 is 1.00 bits per heavy atom. The van der Waals surface area contributed by atoms with Crippen LogP contribution in [0.4, 0.5) is 16.2 Å². The molecule has 0 aliphatic carbocycles. The van der Waals surface area contributed by atoms with Crippen molar-refractivity contribution in [2.24, 2.45) is 0 Å². The van der Waals surface area contributed by atoms with Gasteiger partial charge < -0.3 is 16.0 Å². The lowest BCUT2D eigenvalue weighted by Crippen LogP contribution is -2.28. The lowest BCUT2D eigenvalue weighted by Gasteiger charge is -2.08. The van der Waals surface area contributed by atoms with E-state index in [0.717, 1.165) is 5.69 Å². The third kappa shape index (κ3) is 4.82. The van der Waals surface area contributed by atoms with E-state index >= 15 is 0 Å². The first-order chi connectivity index (χ1) is 13.2. The van der Waals surface area contributed by atoms with Gasteiger partial charge in [-0.05, 0) is 36.4 Å². The largest absolute Gasteiger partial charge is 0.334 e. The number of amides is 3. The molecule has 0 saturated heterocycles. The van der Waals surface area contributed by atoms with Crippen molar-refractivity contribution in [3.63, 3.8) is 0 Å². The molecular formula is C20H19N5O2. The number of rotatable bonds is 6. The summed E-state index contributed by atoms with van der Waals surface area (Å²) in [6, 6.07) is 16.1. The molecule has 7 heteroatoms. The Balaban J connectivity index is 1.60. The molecule has 0 aliphatic rings. The van der Waals surface area contributed by atoms with Gasteiger partial charge in [0.1, 0.15) is 0 Å². The summed E-state index contributed by atoms with van der Waals surface area (Å²) < 4.78 is 1.64. The van der Waals surface area contributed by atoms with E-state index in [1.807, 2.05) is 30.3 Å². The van der Waals surface area contributed by atoms with Crippen molar-refractivity contribution in [1.82, 2.24) is 15.1 Å². The molecule has 1 aromatic heterocycles. The number of carbonyl (C=O) groups excluding carboxylic acids is 2. The maximum Gasteiger partial charge on any atom is 0.319 e. The predicted octanol–water partition coefficient (Wildman–Crippen LogP) is 3.43. The Labute approximate surface area is 156 Å². The van der Waals surface area contributed by atoms with Gasteiger partial charge in [-0.3, -0.25) is 4.79 Å². The standard InChI is InChI=1S/C20H19N5O2/c1-2-12-21-20(27)24-17-10-8-16(9-11-17)23-19(26)15-13-22-25(14-15)18-6-4-3-5-7-18/h2-11,13-14H,1,12H2,(H,23,26)(H2,21,24,27). The fourth-order valence-corrected chi connectivity index (χ4v) is 2.34. The highest BCUT2D eigenvalue weighted by Crippen LogP contribution is 2.15. The van der Waals surface area contributed by atoms with Crippen LogP contribution < -0.4 is 16.0 Å². The summed E-state index contributed by atoms with van der Waals surface area (Å²) in [5.74, 6) is -0.262. The molecule has 0 atom stereocenters. The zero-order valence-electron chi connectivity index (χ0n) is 14.6. The minimum absolute atomic E-state index is 0.262. The highest BCUT2D eigenvalue weighted by Gasteiger charge is 2.10. The third-order valence-corrected chi connectivity index (χ3v) is 3.67. The summed E-state index contributed by atoms with van der Waals surface area (Å²) in [6.45, 7) is 3.92. The fraction of sp³-hybridized carbons (Fsp3) is 0.0500. The number of benzene rings is 2. The molecule has 0 unspecified atom stereocenters. The van der Waals surface area contributed by atoms with Crippen LogP contribution in [0.25, 0.3) is 5.69 Å². The van der Waals surface area contributed by atoms with Crippen LogP contribution in [0, 0.1) is 0 Å². The number of anilines is 2. The molecule has 136 valence electrons. The zero-order valence-corrected chi connectivity index (χ0v) is 14.6. The zero-order chi connectivity index (χ0) is 19.1. The van der Waals surface area contributed by atoms with Gasteiger partial charge in [-0.1, -0.05) is 24.3 Å². The second kappa shape index (κ2) is 8.48. The van der Waals surface area contributed by atoms with Gasteiger partial charge in [-0.25, -0.2) is 9.48 Å². The van der Waals surface area contributed by atoms with Crippen molar-refractivity contribution in [3.8, 4) is 5.69 Å². The smallest absolute Gasteiger partial charge is 0.319 e. The van der Waals surface area contributed by atoms with E-state index in [9.17, 15) is 9.59 Å². The molecule has 1 heterocycles. The van der Waals surface area contributed by atoms with E-state index in [-0.39, 0.29) is 11.9 Å². The molecule has 3 rings (SSSR count). The van der Waals surface area contributed by atoms with Crippen LogP contribution in [0.5, 0.6) is 0 Å². The van der Waals surface area contributed by atoms with Gasteiger partial charge in [0, 0.05) is 24.1 Å². The average Bonchev–Trinajstić information content (AvgIpc) is 3.19. The van der Waals surface area contributed by atoms with Crippen LogP contribution in [-0.2, 0) is 0 Å². The van der Waals surface area contributed by atoms with Gasteiger partial charge in [0.25, 0.3) is 5.91 Å². The van der Waals surface area contributed by atoms with Gasteiger partial charge in [-0.15, -0.1) is 6.58 Å².